The van der Waals surface area contributed by atoms with Gasteiger partial charge in [-0.1, -0.05) is 0 Å². The topological polar surface area (TPSA) is 60.9 Å². The van der Waals surface area contributed by atoms with Crippen molar-refractivity contribution < 1.29 is 14.7 Å². The van der Waals surface area contributed by atoms with Gasteiger partial charge in [0.05, 0.1) is 0 Å². The van der Waals surface area contributed by atoms with E-state index in [9.17, 15) is 14.7 Å². The second-order valence-corrected chi connectivity index (χ2v) is 5.76. The minimum Gasteiger partial charge on any atom is -0.479 e. The van der Waals surface area contributed by atoms with Crippen LogP contribution in [0.5, 0.6) is 0 Å². The molecule has 5 nitrogen and oxygen atoms in total. The van der Waals surface area contributed by atoms with Gasteiger partial charge in [-0.25, -0.2) is 4.79 Å². The summed E-state index contributed by atoms with van der Waals surface area (Å²) in [6.07, 6.45) is 1.76. The molecule has 1 atom stereocenters. The van der Waals surface area contributed by atoms with Gasteiger partial charge >= 0.3 is 5.97 Å². The van der Waals surface area contributed by atoms with Crippen LogP contribution in [0.1, 0.15) is 33.6 Å². The molecular weight excluding hydrogens is 232 g/mol. The lowest BCUT2D eigenvalue weighted by Gasteiger charge is -2.56. The molecule has 0 aliphatic carbocycles. The lowest BCUT2D eigenvalue weighted by molar-refractivity contribution is -0.177. The van der Waals surface area contributed by atoms with Crippen LogP contribution in [0.15, 0.2) is 0 Å². The number of hydrogen-bond acceptors (Lipinski definition) is 3. The highest BCUT2D eigenvalue weighted by atomic mass is 16.4. The summed E-state index contributed by atoms with van der Waals surface area (Å²) in [5, 5.41) is 9.76. The van der Waals surface area contributed by atoms with Crippen molar-refractivity contribution in [1.29, 1.82) is 0 Å². The highest BCUT2D eigenvalue weighted by Crippen LogP contribution is 2.41. The van der Waals surface area contributed by atoms with Gasteiger partial charge in [-0.2, -0.15) is 0 Å². The van der Waals surface area contributed by atoms with Gasteiger partial charge in [0.15, 0.2) is 5.54 Å². The summed E-state index contributed by atoms with van der Waals surface area (Å²) >= 11 is 0. The molecule has 5 heteroatoms. The summed E-state index contributed by atoms with van der Waals surface area (Å²) in [7, 11) is 0. The van der Waals surface area contributed by atoms with Crippen LogP contribution in [0.3, 0.4) is 0 Å². The standard InChI is InChI=1S/C13H22N2O3/c1-9(2)15(10(3)16)13(12(17)18)8-14-6-4-11(13)5-7-14/h9,11H,4-8H2,1-3H3,(H,17,18). The molecule has 18 heavy (non-hydrogen) atoms. The van der Waals surface area contributed by atoms with Crippen molar-refractivity contribution in [1.82, 2.24) is 9.80 Å². The smallest absolute Gasteiger partial charge is 0.331 e. The average Bonchev–Trinajstić information content (AvgIpc) is 2.29. The molecule has 0 spiro atoms. The number of carbonyl (C=O) groups excluding carboxylic acids is 1. The lowest BCUT2D eigenvalue weighted by atomic mass is 9.71. The number of aliphatic carboxylic acids is 1. The van der Waals surface area contributed by atoms with E-state index in [-0.39, 0.29) is 17.9 Å². The molecule has 0 aromatic heterocycles. The molecular formula is C13H22N2O3. The zero-order valence-corrected chi connectivity index (χ0v) is 11.3. The number of carbonyl (C=O) groups is 2. The van der Waals surface area contributed by atoms with Crippen molar-refractivity contribution in [3.63, 3.8) is 0 Å². The third-order valence-electron chi connectivity index (χ3n) is 4.38. The molecule has 3 fully saturated rings. The molecule has 3 heterocycles. The number of rotatable bonds is 3. The van der Waals surface area contributed by atoms with Crippen LogP contribution < -0.4 is 0 Å². The SMILES string of the molecule is CC(=O)N(C(C)C)C1(C(=O)O)CN2CCC1CC2. The fourth-order valence-electron chi connectivity index (χ4n) is 3.76. The van der Waals surface area contributed by atoms with Crippen LogP contribution in [-0.4, -0.2) is 58.0 Å². The van der Waals surface area contributed by atoms with E-state index in [0.29, 0.717) is 6.54 Å². The number of carboxylic acids is 1. The molecule has 1 N–H and O–H groups in total. The summed E-state index contributed by atoms with van der Waals surface area (Å²) in [6, 6.07) is -0.0841. The van der Waals surface area contributed by atoms with Crippen molar-refractivity contribution in [2.45, 2.75) is 45.2 Å². The second-order valence-electron chi connectivity index (χ2n) is 5.76. The summed E-state index contributed by atoms with van der Waals surface area (Å²) in [4.78, 5) is 27.6. The Morgan fingerprint density at radius 1 is 1.33 bits per heavy atom. The summed E-state index contributed by atoms with van der Waals surface area (Å²) in [5.41, 5.74) is -1.02. The molecule has 0 aromatic rings. The van der Waals surface area contributed by atoms with Crippen molar-refractivity contribution in [2.24, 2.45) is 5.92 Å². The van der Waals surface area contributed by atoms with Crippen LogP contribution in [-0.2, 0) is 9.59 Å². The molecule has 0 saturated carbocycles. The third kappa shape index (κ3) is 1.81. The fourth-order valence-corrected chi connectivity index (χ4v) is 3.76. The van der Waals surface area contributed by atoms with Crippen molar-refractivity contribution in [3.8, 4) is 0 Å². The Hall–Kier alpha value is -1.10. The molecule has 0 aromatic carbocycles. The van der Waals surface area contributed by atoms with E-state index in [0.717, 1.165) is 25.9 Å². The number of piperidine rings is 3. The average molecular weight is 254 g/mol. The minimum absolute atomic E-state index is 0.0841. The maximum Gasteiger partial charge on any atom is 0.331 e. The zero-order valence-electron chi connectivity index (χ0n) is 11.3. The van der Waals surface area contributed by atoms with E-state index in [1.165, 1.54) is 6.92 Å². The monoisotopic (exact) mass is 254 g/mol. The number of carboxylic acid groups (broad SMARTS) is 1. The minimum atomic E-state index is -1.02. The first-order valence-electron chi connectivity index (χ1n) is 6.65. The highest BCUT2D eigenvalue weighted by molar-refractivity contribution is 5.87. The summed E-state index contributed by atoms with van der Waals surface area (Å²) < 4.78 is 0. The Morgan fingerprint density at radius 2 is 1.89 bits per heavy atom. The maximum atomic E-state index is 11.9. The maximum absolute atomic E-state index is 11.9. The van der Waals surface area contributed by atoms with Crippen LogP contribution in [0.4, 0.5) is 0 Å². The van der Waals surface area contributed by atoms with Crippen molar-refractivity contribution in [2.75, 3.05) is 19.6 Å². The van der Waals surface area contributed by atoms with Crippen molar-refractivity contribution >= 4 is 11.9 Å². The van der Waals surface area contributed by atoms with Crippen LogP contribution in [0, 0.1) is 5.92 Å². The van der Waals surface area contributed by atoms with Gasteiger partial charge in [0.25, 0.3) is 0 Å². The van der Waals surface area contributed by atoms with Gasteiger partial charge in [-0.3, -0.25) is 4.79 Å². The number of hydrogen-bond donors (Lipinski definition) is 1. The summed E-state index contributed by atoms with van der Waals surface area (Å²) in [5.74, 6) is -0.895. The van der Waals surface area contributed by atoms with Crippen LogP contribution in [0.25, 0.3) is 0 Å². The van der Waals surface area contributed by atoms with Crippen LogP contribution >= 0.6 is 0 Å². The van der Waals surface area contributed by atoms with Gasteiger partial charge in [0, 0.05) is 19.5 Å². The Bertz CT molecular complexity index is 361. The Balaban J connectivity index is 2.43. The normalized spacial score (nSPS) is 34.7. The molecule has 3 rings (SSSR count). The van der Waals surface area contributed by atoms with E-state index in [2.05, 4.69) is 4.90 Å². The van der Waals surface area contributed by atoms with Crippen LogP contribution in [0.2, 0.25) is 0 Å². The Kier molecular flexibility index (Phi) is 3.36. The molecule has 1 amide bonds. The van der Waals surface area contributed by atoms with Crippen molar-refractivity contribution in [3.05, 3.63) is 0 Å². The highest BCUT2D eigenvalue weighted by Gasteiger charge is 2.57. The van der Waals surface area contributed by atoms with E-state index in [4.69, 9.17) is 0 Å². The van der Waals surface area contributed by atoms with E-state index < -0.39 is 11.5 Å². The first-order chi connectivity index (χ1) is 8.39. The number of amides is 1. The molecule has 3 saturated heterocycles. The molecule has 3 aliphatic heterocycles. The molecule has 2 bridgehead atoms. The van der Waals surface area contributed by atoms with E-state index >= 15 is 0 Å². The van der Waals surface area contributed by atoms with E-state index in [1.807, 2.05) is 13.8 Å². The zero-order chi connectivity index (χ0) is 13.5. The summed E-state index contributed by atoms with van der Waals surface area (Å²) in [6.45, 7) is 7.66. The Morgan fingerprint density at radius 3 is 2.17 bits per heavy atom. The third-order valence-corrected chi connectivity index (χ3v) is 4.38. The molecule has 0 radical (unpaired) electrons. The first kappa shape index (κ1) is 13.3. The lowest BCUT2D eigenvalue weighted by Crippen LogP contribution is -2.72. The Labute approximate surface area is 108 Å². The largest absolute Gasteiger partial charge is 0.479 e. The molecule has 3 aliphatic rings. The molecule has 1 unspecified atom stereocenters. The second kappa shape index (κ2) is 4.53. The van der Waals surface area contributed by atoms with Gasteiger partial charge in [-0.15, -0.1) is 0 Å². The van der Waals surface area contributed by atoms with Gasteiger partial charge in [0.2, 0.25) is 5.91 Å². The predicted molar refractivity (Wildman–Crippen MR) is 67.2 cm³/mol. The quantitative estimate of drug-likeness (QED) is 0.809. The number of fused-ring (bicyclic) bond motifs is 3. The molecule has 102 valence electrons. The van der Waals surface area contributed by atoms with Gasteiger partial charge < -0.3 is 14.9 Å². The number of nitrogens with zero attached hydrogens (tertiary/aromatic N) is 2. The van der Waals surface area contributed by atoms with Gasteiger partial charge in [-0.05, 0) is 45.7 Å². The fraction of sp³-hybridized carbons (Fsp3) is 0.846. The first-order valence-corrected chi connectivity index (χ1v) is 6.65. The predicted octanol–water partition coefficient (Wildman–Crippen LogP) is 0.792. The van der Waals surface area contributed by atoms with E-state index in [1.54, 1.807) is 4.90 Å². The van der Waals surface area contributed by atoms with Gasteiger partial charge in [0.1, 0.15) is 0 Å².